The highest BCUT2D eigenvalue weighted by Gasteiger charge is 2.17. The van der Waals surface area contributed by atoms with E-state index in [0.29, 0.717) is 10.7 Å². The monoisotopic (exact) mass is 295 g/mol. The van der Waals surface area contributed by atoms with E-state index >= 15 is 0 Å². The third-order valence-electron chi connectivity index (χ3n) is 3.17. The Morgan fingerprint density at radius 2 is 1.85 bits per heavy atom. The molecule has 1 fully saturated rings. The molecule has 0 unspecified atom stereocenters. The Morgan fingerprint density at radius 1 is 1.15 bits per heavy atom. The lowest BCUT2D eigenvalue weighted by molar-refractivity contribution is -0.129. The molecular formula is C14H18ClN3O2. The van der Waals surface area contributed by atoms with E-state index in [1.54, 1.807) is 24.3 Å². The topological polar surface area (TPSA) is 61.4 Å². The van der Waals surface area contributed by atoms with E-state index < -0.39 is 0 Å². The quantitative estimate of drug-likeness (QED) is 0.865. The Balaban J connectivity index is 1.70. The van der Waals surface area contributed by atoms with Crippen molar-refractivity contribution in [2.45, 2.75) is 12.8 Å². The van der Waals surface area contributed by atoms with Crippen molar-refractivity contribution in [2.24, 2.45) is 0 Å². The maximum atomic E-state index is 11.7. The zero-order chi connectivity index (χ0) is 14.4. The molecule has 0 saturated carbocycles. The van der Waals surface area contributed by atoms with E-state index in [4.69, 9.17) is 11.6 Å². The minimum atomic E-state index is -0.215. The molecule has 0 atom stereocenters. The largest absolute Gasteiger partial charge is 0.342 e. The van der Waals surface area contributed by atoms with E-state index in [2.05, 4.69) is 10.6 Å². The van der Waals surface area contributed by atoms with Gasteiger partial charge >= 0.3 is 0 Å². The van der Waals surface area contributed by atoms with Gasteiger partial charge in [-0.15, -0.1) is 0 Å². The van der Waals surface area contributed by atoms with Gasteiger partial charge in [0.05, 0.1) is 23.8 Å². The van der Waals surface area contributed by atoms with Crippen LogP contribution in [-0.4, -0.2) is 42.9 Å². The first-order valence-electron chi connectivity index (χ1n) is 6.69. The summed E-state index contributed by atoms with van der Waals surface area (Å²) in [4.78, 5) is 25.3. The summed E-state index contributed by atoms with van der Waals surface area (Å²) in [5.74, 6) is -0.166. The third-order valence-corrected chi connectivity index (χ3v) is 3.50. The molecule has 1 aromatic carbocycles. The van der Waals surface area contributed by atoms with Crippen LogP contribution >= 0.6 is 11.6 Å². The molecule has 2 N–H and O–H groups in total. The minimum absolute atomic E-state index is 0.0491. The average molecular weight is 296 g/mol. The van der Waals surface area contributed by atoms with Crippen LogP contribution in [0.5, 0.6) is 0 Å². The standard InChI is InChI=1S/C14H18ClN3O2/c15-11-5-1-2-6-12(11)17-13(19)9-16-10-14(20)18-7-3-4-8-18/h1-2,5-6,16H,3-4,7-10H2,(H,17,19). The Bertz CT molecular complexity index is 487. The molecule has 0 spiro atoms. The first-order valence-corrected chi connectivity index (χ1v) is 7.07. The van der Waals surface area contributed by atoms with Crippen molar-refractivity contribution in [1.82, 2.24) is 10.2 Å². The van der Waals surface area contributed by atoms with Crippen LogP contribution in [0.4, 0.5) is 5.69 Å². The summed E-state index contributed by atoms with van der Waals surface area (Å²) in [6.45, 7) is 1.93. The number of rotatable bonds is 5. The van der Waals surface area contributed by atoms with E-state index in [9.17, 15) is 9.59 Å². The van der Waals surface area contributed by atoms with E-state index in [1.165, 1.54) is 0 Å². The molecule has 5 nitrogen and oxygen atoms in total. The highest BCUT2D eigenvalue weighted by atomic mass is 35.5. The number of nitrogens with zero attached hydrogens (tertiary/aromatic N) is 1. The van der Waals surface area contributed by atoms with Gasteiger partial charge in [0.1, 0.15) is 0 Å². The lowest BCUT2D eigenvalue weighted by Crippen LogP contribution is -2.39. The van der Waals surface area contributed by atoms with Crippen LogP contribution in [0.1, 0.15) is 12.8 Å². The summed E-state index contributed by atoms with van der Waals surface area (Å²) in [5.41, 5.74) is 0.576. The number of carbonyl (C=O) groups is 2. The van der Waals surface area contributed by atoms with Crippen molar-refractivity contribution >= 4 is 29.1 Å². The van der Waals surface area contributed by atoms with Crippen LogP contribution in [0.2, 0.25) is 5.02 Å². The maximum Gasteiger partial charge on any atom is 0.238 e. The van der Waals surface area contributed by atoms with Crippen molar-refractivity contribution in [3.63, 3.8) is 0 Å². The SMILES string of the molecule is O=C(CNCC(=O)N1CCCC1)Nc1ccccc1Cl. The summed E-state index contributed by atoms with van der Waals surface area (Å²) in [6, 6.07) is 7.04. The van der Waals surface area contributed by atoms with Crippen LogP contribution in [-0.2, 0) is 9.59 Å². The van der Waals surface area contributed by atoms with Crippen molar-refractivity contribution in [2.75, 3.05) is 31.5 Å². The van der Waals surface area contributed by atoms with Gasteiger partial charge in [-0.2, -0.15) is 0 Å². The van der Waals surface area contributed by atoms with Crippen LogP contribution < -0.4 is 10.6 Å². The lowest BCUT2D eigenvalue weighted by Gasteiger charge is -2.15. The Morgan fingerprint density at radius 3 is 2.55 bits per heavy atom. The normalized spacial score (nSPS) is 14.3. The van der Waals surface area contributed by atoms with Crippen molar-refractivity contribution in [3.8, 4) is 0 Å². The number of amides is 2. The Labute approximate surface area is 123 Å². The second kappa shape index (κ2) is 7.26. The van der Waals surface area contributed by atoms with E-state index in [-0.39, 0.29) is 24.9 Å². The van der Waals surface area contributed by atoms with Crippen molar-refractivity contribution < 1.29 is 9.59 Å². The predicted octanol–water partition coefficient (Wildman–Crippen LogP) is 1.49. The number of hydrogen-bond donors (Lipinski definition) is 2. The molecule has 1 saturated heterocycles. The zero-order valence-electron chi connectivity index (χ0n) is 11.2. The van der Waals surface area contributed by atoms with Crippen molar-refractivity contribution in [1.29, 1.82) is 0 Å². The molecule has 0 aliphatic carbocycles. The molecule has 2 rings (SSSR count). The summed E-state index contributed by atoms with van der Waals surface area (Å²) >= 11 is 5.94. The third kappa shape index (κ3) is 4.21. The van der Waals surface area contributed by atoms with E-state index in [1.807, 2.05) is 4.90 Å². The van der Waals surface area contributed by atoms with Gasteiger partial charge < -0.3 is 10.2 Å². The van der Waals surface area contributed by atoms with Crippen LogP contribution in [0.3, 0.4) is 0 Å². The van der Waals surface area contributed by atoms with Gasteiger partial charge in [-0.1, -0.05) is 23.7 Å². The number of likely N-dealkylation sites (tertiary alicyclic amines) is 1. The molecule has 1 heterocycles. The number of benzene rings is 1. The number of hydrogen-bond acceptors (Lipinski definition) is 3. The fourth-order valence-electron chi connectivity index (χ4n) is 2.12. The van der Waals surface area contributed by atoms with Crippen molar-refractivity contribution in [3.05, 3.63) is 29.3 Å². The highest BCUT2D eigenvalue weighted by molar-refractivity contribution is 6.33. The van der Waals surface area contributed by atoms with Crippen LogP contribution in [0, 0.1) is 0 Å². The molecule has 20 heavy (non-hydrogen) atoms. The van der Waals surface area contributed by atoms with Gasteiger partial charge in [0.15, 0.2) is 0 Å². The number of nitrogens with one attached hydrogen (secondary N) is 2. The molecule has 0 aromatic heterocycles. The van der Waals surface area contributed by atoms with Gasteiger partial charge in [0.25, 0.3) is 0 Å². The molecule has 2 amide bonds. The van der Waals surface area contributed by atoms with Gasteiger partial charge in [0, 0.05) is 13.1 Å². The maximum absolute atomic E-state index is 11.7. The molecule has 0 bridgehead atoms. The molecule has 108 valence electrons. The Kier molecular flexibility index (Phi) is 5.38. The Hall–Kier alpha value is -1.59. The molecule has 6 heteroatoms. The summed E-state index contributed by atoms with van der Waals surface area (Å²) in [7, 11) is 0. The summed E-state index contributed by atoms with van der Waals surface area (Å²) in [5, 5.41) is 6.04. The zero-order valence-corrected chi connectivity index (χ0v) is 11.9. The molecule has 1 aromatic rings. The van der Waals surface area contributed by atoms with Gasteiger partial charge in [-0.3, -0.25) is 14.9 Å². The van der Waals surface area contributed by atoms with Crippen LogP contribution in [0.15, 0.2) is 24.3 Å². The number of anilines is 1. The molecule has 0 radical (unpaired) electrons. The first-order chi connectivity index (χ1) is 9.66. The summed E-state index contributed by atoms with van der Waals surface area (Å²) < 4.78 is 0. The average Bonchev–Trinajstić information content (AvgIpc) is 2.95. The molecule has 1 aliphatic rings. The van der Waals surface area contributed by atoms with Gasteiger partial charge in [-0.25, -0.2) is 0 Å². The molecular weight excluding hydrogens is 278 g/mol. The fraction of sp³-hybridized carbons (Fsp3) is 0.429. The minimum Gasteiger partial charge on any atom is -0.342 e. The first kappa shape index (κ1) is 14.8. The van der Waals surface area contributed by atoms with Gasteiger partial charge in [0.2, 0.25) is 11.8 Å². The lowest BCUT2D eigenvalue weighted by atomic mass is 10.3. The fourth-order valence-corrected chi connectivity index (χ4v) is 2.30. The second-order valence-corrected chi connectivity index (χ2v) is 5.13. The summed E-state index contributed by atoms with van der Waals surface area (Å²) in [6.07, 6.45) is 2.14. The predicted molar refractivity (Wildman–Crippen MR) is 78.8 cm³/mol. The van der Waals surface area contributed by atoms with Gasteiger partial charge in [-0.05, 0) is 25.0 Å². The number of halogens is 1. The molecule has 1 aliphatic heterocycles. The highest BCUT2D eigenvalue weighted by Crippen LogP contribution is 2.19. The number of carbonyl (C=O) groups excluding carboxylic acids is 2. The van der Waals surface area contributed by atoms with E-state index in [0.717, 1.165) is 25.9 Å². The number of para-hydroxylation sites is 1. The second-order valence-electron chi connectivity index (χ2n) is 4.72. The smallest absolute Gasteiger partial charge is 0.238 e. The van der Waals surface area contributed by atoms with Crippen LogP contribution in [0.25, 0.3) is 0 Å².